The van der Waals surface area contributed by atoms with E-state index in [4.69, 9.17) is 63.4 Å². The van der Waals surface area contributed by atoms with Gasteiger partial charge in [-0.05, 0) is 107 Å². The van der Waals surface area contributed by atoms with Crippen LogP contribution in [0.5, 0.6) is 23.0 Å². The molecule has 0 unspecified atom stereocenters. The molecule has 0 aliphatic rings. The van der Waals surface area contributed by atoms with Gasteiger partial charge >= 0.3 is 47.8 Å². The minimum atomic E-state index is -1.17. The number of hydrogen-bond donors (Lipinski definition) is 5. The van der Waals surface area contributed by atoms with Gasteiger partial charge in [-0.25, -0.2) is 24.0 Å². The van der Waals surface area contributed by atoms with Crippen molar-refractivity contribution in [1.82, 2.24) is 0 Å². The van der Waals surface area contributed by atoms with Crippen molar-refractivity contribution in [2.24, 2.45) is 0 Å². The number of ether oxygens (including phenoxy) is 10. The lowest BCUT2D eigenvalue weighted by atomic mass is 10.2. The zero-order chi connectivity index (χ0) is 59.7. The second kappa shape index (κ2) is 48.6. The molecule has 0 radical (unpaired) electrons. The quantitative estimate of drug-likeness (QED) is 0.0241. The van der Waals surface area contributed by atoms with Crippen molar-refractivity contribution in [1.29, 1.82) is 0 Å². The minimum Gasteiger partial charge on any atom is -0.493 e. The molecule has 5 N–H and O–H groups in total. The summed E-state index contributed by atoms with van der Waals surface area (Å²) in [5.41, 5.74) is 1.49. The van der Waals surface area contributed by atoms with Crippen molar-refractivity contribution in [3.05, 3.63) is 96.1 Å². The van der Waals surface area contributed by atoms with Gasteiger partial charge in [0, 0.05) is 48.7 Å². The number of aliphatic carboxylic acids is 2. The second-order valence-electron chi connectivity index (χ2n) is 15.0. The van der Waals surface area contributed by atoms with E-state index in [0.717, 1.165) is 30.0 Å². The first kappa shape index (κ1) is 74.2. The molecule has 0 spiro atoms. The Morgan fingerprint density at radius 2 is 0.782 bits per heavy atom. The Morgan fingerprint density at radius 3 is 1.12 bits per heavy atom. The molecule has 0 amide bonds. The highest BCUT2D eigenvalue weighted by Crippen LogP contribution is 2.29. The maximum absolute atomic E-state index is 11.8. The lowest BCUT2D eigenvalue weighted by Gasteiger charge is -2.08. The molecule has 0 aliphatic carbocycles. The number of esters is 6. The third-order valence-electron chi connectivity index (χ3n) is 8.88. The smallest absolute Gasteiger partial charge is 0.333 e. The average molecular weight is 1110 g/mol. The van der Waals surface area contributed by atoms with Crippen molar-refractivity contribution in [2.75, 3.05) is 87.9 Å². The van der Waals surface area contributed by atoms with Gasteiger partial charge in [0.1, 0.15) is 0 Å². The number of carbonyl (C=O) groups excluding carboxylic acids is 6. The number of methoxy groups -OCH3 is 4. The molecule has 0 saturated heterocycles. The maximum Gasteiger partial charge on any atom is 0.333 e. The van der Waals surface area contributed by atoms with Gasteiger partial charge in [0.25, 0.3) is 0 Å². The van der Waals surface area contributed by atoms with Crippen molar-refractivity contribution >= 4 is 59.9 Å². The molecule has 2 aromatic carbocycles. The van der Waals surface area contributed by atoms with E-state index in [-0.39, 0.29) is 95.4 Å². The average Bonchev–Trinajstić information content (AvgIpc) is 3.41. The Bertz CT molecular complexity index is 2210. The summed E-state index contributed by atoms with van der Waals surface area (Å²) >= 11 is 0. The van der Waals surface area contributed by atoms with Crippen molar-refractivity contribution in [3.8, 4) is 23.0 Å². The summed E-state index contributed by atoms with van der Waals surface area (Å²) in [6.45, 7) is 16.9. The van der Waals surface area contributed by atoms with Crippen molar-refractivity contribution in [3.63, 3.8) is 0 Å². The molecule has 2 rings (SSSR count). The molecule has 2 aromatic rings. The number of aliphatic hydroxyl groups excluding tert-OH is 3. The van der Waals surface area contributed by atoms with Gasteiger partial charge < -0.3 is 72.9 Å². The van der Waals surface area contributed by atoms with Crippen LogP contribution in [0.2, 0.25) is 0 Å². The van der Waals surface area contributed by atoms with E-state index in [0.29, 0.717) is 48.7 Å². The summed E-state index contributed by atoms with van der Waals surface area (Å²) in [4.78, 5) is 88.1. The third-order valence-corrected chi connectivity index (χ3v) is 8.88. The van der Waals surface area contributed by atoms with Gasteiger partial charge in [0.15, 0.2) is 23.0 Å². The van der Waals surface area contributed by atoms with Crippen LogP contribution in [-0.4, -0.2) is 161 Å². The first-order valence-corrected chi connectivity index (χ1v) is 24.3. The Hall–Kier alpha value is -8.02. The first-order valence-electron chi connectivity index (χ1n) is 24.3. The van der Waals surface area contributed by atoms with E-state index in [1.165, 1.54) is 26.4 Å². The van der Waals surface area contributed by atoms with Crippen LogP contribution >= 0.6 is 0 Å². The Kier molecular flexibility index (Phi) is 46.3. The number of rotatable bonds is 32. The zero-order valence-corrected chi connectivity index (χ0v) is 45.7. The molecule has 436 valence electrons. The fraction of sp³-hybridized carbons (Fsp3) is 0.455. The van der Waals surface area contributed by atoms with Gasteiger partial charge in [-0.15, -0.1) is 0 Å². The summed E-state index contributed by atoms with van der Waals surface area (Å²) in [7, 11) is 6.16. The van der Waals surface area contributed by atoms with Crippen LogP contribution in [0.4, 0.5) is 0 Å². The summed E-state index contributed by atoms with van der Waals surface area (Å²) in [5.74, 6) is -3.08. The highest BCUT2D eigenvalue weighted by atomic mass is 16.6. The molecule has 78 heavy (non-hydrogen) atoms. The Morgan fingerprint density at radius 1 is 0.449 bits per heavy atom. The van der Waals surface area contributed by atoms with E-state index in [1.807, 2.05) is 0 Å². The predicted molar refractivity (Wildman–Crippen MR) is 285 cm³/mol. The lowest BCUT2D eigenvalue weighted by molar-refractivity contribution is -0.146. The predicted octanol–water partition coefficient (Wildman–Crippen LogP) is 6.04. The van der Waals surface area contributed by atoms with E-state index in [9.17, 15) is 38.4 Å². The molecule has 0 fully saturated rings. The van der Waals surface area contributed by atoms with E-state index in [2.05, 4.69) is 29.2 Å². The molecule has 0 saturated carbocycles. The Balaban J connectivity index is -0.000000993. The van der Waals surface area contributed by atoms with Crippen LogP contribution in [0.3, 0.4) is 0 Å². The molecule has 0 aromatic heterocycles. The van der Waals surface area contributed by atoms with Crippen LogP contribution < -0.4 is 18.9 Å². The second-order valence-corrected chi connectivity index (χ2v) is 15.0. The maximum atomic E-state index is 11.8. The van der Waals surface area contributed by atoms with Crippen LogP contribution in [0.1, 0.15) is 89.7 Å². The number of hydrogen-bond acceptors (Lipinski definition) is 21. The molecule has 0 aliphatic heterocycles. The number of benzene rings is 2. The normalized spacial score (nSPS) is 9.87. The third kappa shape index (κ3) is 40.3. The SMILES string of the molecule is C=C(CC(=O)OCC)C(=O)O.C=C(CC(=O)OCC)C(=O)OCCCCO.C=C(CC(=O)OCC)C(=O)OCCCCOC(=O)/C=C/c1ccc(OC)c(OC)c1.COc1ccc(/C=C/C(=O)O)cc1OC.OCCCCO. The number of aliphatic hydroxyl groups is 3. The fourth-order valence-electron chi connectivity index (χ4n) is 5.02. The summed E-state index contributed by atoms with van der Waals surface area (Å²) in [6.07, 6.45) is 8.54. The fourth-order valence-corrected chi connectivity index (χ4v) is 5.02. The van der Waals surface area contributed by atoms with Crippen LogP contribution in [0.25, 0.3) is 12.2 Å². The first-order chi connectivity index (χ1) is 37.2. The molecule has 0 heterocycles. The molecule has 0 atom stereocenters. The van der Waals surface area contributed by atoms with Gasteiger partial charge in [-0.1, -0.05) is 31.9 Å². The van der Waals surface area contributed by atoms with E-state index >= 15 is 0 Å². The van der Waals surface area contributed by atoms with Gasteiger partial charge in [-0.3, -0.25) is 14.4 Å². The zero-order valence-electron chi connectivity index (χ0n) is 45.7. The van der Waals surface area contributed by atoms with Crippen LogP contribution in [0, 0.1) is 0 Å². The van der Waals surface area contributed by atoms with Crippen LogP contribution in [0.15, 0.2) is 85.0 Å². The highest BCUT2D eigenvalue weighted by Gasteiger charge is 2.15. The molecule has 23 heteroatoms. The molecule has 0 bridgehead atoms. The standard InChI is InChI=1S/C22H28O8.C11H18O5.C11H12O4.C7H10O4.C4H10O2/c1-5-28-21(24)14-16(2)22(25)30-13-7-6-12-29-20(23)11-9-17-8-10-18(26-3)19(15-17)27-4;1-3-15-10(13)8-9(2)11(14)16-7-5-4-6-12;1-14-9-5-3-8(4-6-11(12)13)7-10(9)15-2;1-3-11-6(8)4-5(2)7(9)10;5-3-1-2-4-6/h8-11,15H,2,5-7,12-14H2,1,3-4H3;12H,2-8H2,1H3;3-7H,1-2H3,(H,12,13);2-4H2,1H3,(H,9,10);5-6H,1-4H2/b11-9+;;6-4+;;. The molecular weight excluding hydrogens is 1030 g/mol. The topological polar surface area (TPSA) is 330 Å². The van der Waals surface area contributed by atoms with Crippen molar-refractivity contribution < 1.29 is 111 Å². The van der Waals surface area contributed by atoms with Gasteiger partial charge in [0.2, 0.25) is 0 Å². The lowest BCUT2D eigenvalue weighted by Crippen LogP contribution is -2.13. The Labute approximate surface area is 455 Å². The summed E-state index contributed by atoms with van der Waals surface area (Å²) in [6, 6.07) is 10.5. The number of unbranched alkanes of at least 4 members (excludes halogenated alkanes) is 3. The van der Waals surface area contributed by atoms with Gasteiger partial charge in [-0.2, -0.15) is 0 Å². The number of carbonyl (C=O) groups is 8. The summed E-state index contributed by atoms with van der Waals surface area (Å²) < 4.78 is 49.3. The van der Waals surface area contributed by atoms with E-state index < -0.39 is 47.8 Å². The van der Waals surface area contributed by atoms with Gasteiger partial charge in [0.05, 0.1) is 87.3 Å². The van der Waals surface area contributed by atoms with Crippen molar-refractivity contribution in [2.45, 2.75) is 78.6 Å². The summed E-state index contributed by atoms with van der Waals surface area (Å²) in [5, 5.41) is 41.4. The largest absolute Gasteiger partial charge is 0.493 e. The monoisotopic (exact) mass is 1110 g/mol. The van der Waals surface area contributed by atoms with E-state index in [1.54, 1.807) is 77.5 Å². The highest BCUT2D eigenvalue weighted by molar-refractivity contribution is 5.94. The minimum absolute atomic E-state index is 0.0418. The number of carboxylic acid groups (broad SMARTS) is 2. The number of carboxylic acids is 2. The molecule has 23 nitrogen and oxygen atoms in total. The van der Waals surface area contributed by atoms with Crippen LogP contribution in [-0.2, 0) is 66.8 Å². The molecular formula is C55H78O23.